The minimum absolute atomic E-state index is 0.00913. The van der Waals surface area contributed by atoms with Crippen LogP contribution >= 0.6 is 0 Å². The summed E-state index contributed by atoms with van der Waals surface area (Å²) in [6.45, 7) is 9.03. The highest BCUT2D eigenvalue weighted by atomic mass is 16.6. The maximum atomic E-state index is 10.9. The summed E-state index contributed by atoms with van der Waals surface area (Å²) in [6, 6.07) is 5.29. The molecule has 0 saturated heterocycles. The number of nitrogens with zero attached hydrogens (tertiary/aromatic N) is 1. The number of hydrogen-bond donors (Lipinski definition) is 2. The number of aryl methyl sites for hydroxylation is 1. The minimum Gasteiger partial charge on any atom is -0.393 e. The third-order valence-corrected chi connectivity index (χ3v) is 3.25. The standard InChI is InChI=1S/C15H24N2O3/c1-11-5-6-13(7-14(11)17(19)20)9-16-10-15(3,4)8-12(2)18/h5-7,12,16,18H,8-10H2,1-4H3. The van der Waals surface area contributed by atoms with Crippen LogP contribution in [-0.4, -0.2) is 22.7 Å². The fourth-order valence-electron chi connectivity index (χ4n) is 2.38. The lowest BCUT2D eigenvalue weighted by Crippen LogP contribution is -2.31. The molecule has 0 aliphatic heterocycles. The fourth-order valence-corrected chi connectivity index (χ4v) is 2.38. The molecule has 1 rings (SSSR count). The summed E-state index contributed by atoms with van der Waals surface area (Å²) >= 11 is 0. The molecule has 0 aliphatic rings. The van der Waals surface area contributed by atoms with Gasteiger partial charge in [0, 0.05) is 24.7 Å². The summed E-state index contributed by atoms with van der Waals surface area (Å²) < 4.78 is 0. The first-order chi connectivity index (χ1) is 9.21. The number of nitrogens with one attached hydrogen (secondary N) is 1. The van der Waals surface area contributed by atoms with E-state index >= 15 is 0 Å². The van der Waals surface area contributed by atoms with Crippen LogP contribution in [0.5, 0.6) is 0 Å². The molecule has 1 unspecified atom stereocenters. The average Bonchev–Trinajstić information content (AvgIpc) is 2.28. The molecule has 5 heteroatoms. The molecule has 2 N–H and O–H groups in total. The molecule has 0 aliphatic carbocycles. The van der Waals surface area contributed by atoms with Crippen molar-refractivity contribution in [3.8, 4) is 0 Å². The van der Waals surface area contributed by atoms with Crippen LogP contribution in [-0.2, 0) is 6.54 Å². The van der Waals surface area contributed by atoms with Crippen molar-refractivity contribution in [1.82, 2.24) is 5.32 Å². The molecule has 1 aromatic carbocycles. The van der Waals surface area contributed by atoms with Gasteiger partial charge in [0.15, 0.2) is 0 Å². The Morgan fingerprint density at radius 2 is 2.10 bits per heavy atom. The minimum atomic E-state index is -0.351. The van der Waals surface area contributed by atoms with Gasteiger partial charge < -0.3 is 10.4 Å². The third kappa shape index (κ3) is 5.27. The van der Waals surface area contributed by atoms with Gasteiger partial charge in [0.2, 0.25) is 0 Å². The molecule has 0 saturated carbocycles. The van der Waals surface area contributed by atoms with E-state index in [1.165, 1.54) is 0 Å². The molecular formula is C15H24N2O3. The first kappa shape index (κ1) is 16.6. The Hall–Kier alpha value is -1.46. The Morgan fingerprint density at radius 3 is 2.65 bits per heavy atom. The molecule has 5 nitrogen and oxygen atoms in total. The molecule has 1 aromatic rings. The molecule has 0 amide bonds. The van der Waals surface area contributed by atoms with E-state index in [1.54, 1.807) is 26.0 Å². The summed E-state index contributed by atoms with van der Waals surface area (Å²) in [7, 11) is 0. The molecule has 20 heavy (non-hydrogen) atoms. The second kappa shape index (κ2) is 6.81. The average molecular weight is 280 g/mol. The highest BCUT2D eigenvalue weighted by Gasteiger charge is 2.19. The van der Waals surface area contributed by atoms with E-state index in [9.17, 15) is 15.2 Å². The summed E-state index contributed by atoms with van der Waals surface area (Å²) in [6.07, 6.45) is 0.390. The highest BCUT2D eigenvalue weighted by molar-refractivity contribution is 5.42. The lowest BCUT2D eigenvalue weighted by atomic mass is 9.87. The lowest BCUT2D eigenvalue weighted by molar-refractivity contribution is -0.385. The molecule has 0 aromatic heterocycles. The highest BCUT2D eigenvalue weighted by Crippen LogP contribution is 2.22. The number of aliphatic hydroxyl groups is 1. The molecule has 0 radical (unpaired) electrons. The van der Waals surface area contributed by atoms with Crippen LogP contribution in [0, 0.1) is 22.5 Å². The first-order valence-electron chi connectivity index (χ1n) is 6.84. The largest absolute Gasteiger partial charge is 0.393 e. The van der Waals surface area contributed by atoms with Crippen molar-refractivity contribution in [3.05, 3.63) is 39.4 Å². The van der Waals surface area contributed by atoms with Crippen LogP contribution < -0.4 is 5.32 Å². The summed E-state index contributed by atoms with van der Waals surface area (Å²) in [5.41, 5.74) is 1.72. The van der Waals surface area contributed by atoms with Crippen LogP contribution in [0.15, 0.2) is 18.2 Å². The predicted molar refractivity (Wildman–Crippen MR) is 79.6 cm³/mol. The number of aliphatic hydroxyl groups excluding tert-OH is 1. The Bertz CT molecular complexity index is 470. The van der Waals surface area contributed by atoms with E-state index in [4.69, 9.17) is 0 Å². The summed E-state index contributed by atoms with van der Waals surface area (Å²) in [4.78, 5) is 10.5. The predicted octanol–water partition coefficient (Wildman–Crippen LogP) is 2.79. The third-order valence-electron chi connectivity index (χ3n) is 3.25. The Morgan fingerprint density at radius 1 is 1.45 bits per heavy atom. The van der Waals surface area contributed by atoms with E-state index < -0.39 is 0 Å². The summed E-state index contributed by atoms with van der Waals surface area (Å²) in [5.74, 6) is 0. The lowest BCUT2D eigenvalue weighted by Gasteiger charge is -2.26. The van der Waals surface area contributed by atoms with E-state index in [0.29, 0.717) is 18.5 Å². The van der Waals surface area contributed by atoms with E-state index in [-0.39, 0.29) is 22.1 Å². The Labute approximate surface area is 120 Å². The van der Waals surface area contributed by atoms with Gasteiger partial charge in [-0.2, -0.15) is 0 Å². The SMILES string of the molecule is Cc1ccc(CNCC(C)(C)CC(C)O)cc1[N+](=O)[O-]. The van der Waals surface area contributed by atoms with Crippen molar-refractivity contribution >= 4 is 5.69 Å². The van der Waals surface area contributed by atoms with Gasteiger partial charge in [0.25, 0.3) is 5.69 Å². The quantitative estimate of drug-likeness (QED) is 0.595. The second-order valence-corrected chi connectivity index (χ2v) is 6.20. The van der Waals surface area contributed by atoms with Crippen molar-refractivity contribution in [1.29, 1.82) is 0 Å². The number of rotatable bonds is 7. The zero-order valence-corrected chi connectivity index (χ0v) is 12.6. The molecular weight excluding hydrogens is 256 g/mol. The topological polar surface area (TPSA) is 75.4 Å². The van der Waals surface area contributed by atoms with E-state index in [0.717, 1.165) is 12.1 Å². The van der Waals surface area contributed by atoms with Crippen molar-refractivity contribution in [3.63, 3.8) is 0 Å². The molecule has 0 spiro atoms. The molecule has 0 bridgehead atoms. The zero-order chi connectivity index (χ0) is 15.3. The van der Waals surface area contributed by atoms with Crippen molar-refractivity contribution in [2.45, 2.75) is 46.8 Å². The van der Waals surface area contributed by atoms with E-state index in [1.807, 2.05) is 6.07 Å². The van der Waals surface area contributed by atoms with Crippen LogP contribution in [0.2, 0.25) is 0 Å². The van der Waals surface area contributed by atoms with Gasteiger partial charge in [-0.05, 0) is 31.2 Å². The van der Waals surface area contributed by atoms with Crippen LogP contribution in [0.3, 0.4) is 0 Å². The normalized spacial score (nSPS) is 13.2. The van der Waals surface area contributed by atoms with Gasteiger partial charge in [-0.3, -0.25) is 10.1 Å². The zero-order valence-electron chi connectivity index (χ0n) is 12.6. The van der Waals surface area contributed by atoms with Crippen molar-refractivity contribution in [2.75, 3.05) is 6.54 Å². The van der Waals surface area contributed by atoms with Crippen molar-refractivity contribution in [2.24, 2.45) is 5.41 Å². The molecule has 0 heterocycles. The van der Waals surface area contributed by atoms with Gasteiger partial charge in [-0.15, -0.1) is 0 Å². The van der Waals surface area contributed by atoms with Crippen LogP contribution in [0.4, 0.5) is 5.69 Å². The second-order valence-electron chi connectivity index (χ2n) is 6.20. The Kier molecular flexibility index (Phi) is 5.65. The maximum absolute atomic E-state index is 10.9. The van der Waals surface area contributed by atoms with Gasteiger partial charge >= 0.3 is 0 Å². The molecule has 1 atom stereocenters. The van der Waals surface area contributed by atoms with Crippen molar-refractivity contribution < 1.29 is 10.0 Å². The summed E-state index contributed by atoms with van der Waals surface area (Å²) in [5, 5.41) is 23.6. The van der Waals surface area contributed by atoms with Gasteiger partial charge in [0.05, 0.1) is 11.0 Å². The number of hydrogen-bond acceptors (Lipinski definition) is 4. The number of nitro benzene ring substituents is 1. The van der Waals surface area contributed by atoms with Gasteiger partial charge in [-0.1, -0.05) is 26.0 Å². The molecule has 0 fully saturated rings. The van der Waals surface area contributed by atoms with Crippen LogP contribution in [0.1, 0.15) is 38.3 Å². The Balaban J connectivity index is 2.58. The first-order valence-corrected chi connectivity index (χ1v) is 6.84. The van der Waals surface area contributed by atoms with Gasteiger partial charge in [0.1, 0.15) is 0 Å². The van der Waals surface area contributed by atoms with E-state index in [2.05, 4.69) is 19.2 Å². The van der Waals surface area contributed by atoms with Gasteiger partial charge in [-0.25, -0.2) is 0 Å². The molecule has 112 valence electrons. The number of benzene rings is 1. The monoisotopic (exact) mass is 280 g/mol. The smallest absolute Gasteiger partial charge is 0.272 e. The fraction of sp³-hybridized carbons (Fsp3) is 0.600. The maximum Gasteiger partial charge on any atom is 0.272 e. The number of nitro groups is 1. The van der Waals surface area contributed by atoms with Crippen LogP contribution in [0.25, 0.3) is 0 Å².